The monoisotopic (exact) mass is 235 g/mol. The Labute approximate surface area is 103 Å². The number of aliphatic imine (C=N–C) groups is 1. The van der Waals surface area contributed by atoms with Crippen LogP contribution in [0.5, 0.6) is 5.75 Å². The van der Waals surface area contributed by atoms with E-state index < -0.39 is 0 Å². The summed E-state index contributed by atoms with van der Waals surface area (Å²) < 4.78 is 0. The van der Waals surface area contributed by atoms with Gasteiger partial charge in [0, 0.05) is 24.9 Å². The van der Waals surface area contributed by atoms with Crippen molar-refractivity contribution >= 4 is 6.21 Å². The highest BCUT2D eigenvalue weighted by Crippen LogP contribution is 2.32. The number of aliphatic hydroxyl groups is 1. The molecule has 0 spiro atoms. The van der Waals surface area contributed by atoms with Crippen molar-refractivity contribution in [2.24, 2.45) is 4.99 Å². The van der Waals surface area contributed by atoms with Gasteiger partial charge in [-0.15, -0.1) is 0 Å². The van der Waals surface area contributed by atoms with Crippen LogP contribution in [0.15, 0.2) is 23.2 Å². The van der Waals surface area contributed by atoms with E-state index in [2.05, 4.69) is 25.8 Å². The fourth-order valence-electron chi connectivity index (χ4n) is 1.60. The van der Waals surface area contributed by atoms with Crippen LogP contribution < -0.4 is 0 Å². The minimum absolute atomic E-state index is 0.0843. The van der Waals surface area contributed by atoms with Gasteiger partial charge in [0.15, 0.2) is 0 Å². The molecule has 0 aliphatic rings. The van der Waals surface area contributed by atoms with Crippen LogP contribution in [0, 0.1) is 0 Å². The molecule has 94 valence electrons. The molecule has 0 aliphatic heterocycles. The molecule has 0 atom stereocenters. The zero-order valence-electron chi connectivity index (χ0n) is 10.8. The largest absolute Gasteiger partial charge is 0.507 e. The van der Waals surface area contributed by atoms with Crippen LogP contribution in [-0.2, 0) is 5.41 Å². The molecule has 1 aromatic rings. The number of hydrogen-bond donors (Lipinski definition) is 2. The first kappa shape index (κ1) is 13.7. The summed E-state index contributed by atoms with van der Waals surface area (Å²) in [5.74, 6) is 0.299. The van der Waals surface area contributed by atoms with Gasteiger partial charge in [0.1, 0.15) is 5.75 Å². The van der Waals surface area contributed by atoms with E-state index in [0.717, 1.165) is 11.1 Å². The Balaban J connectivity index is 2.91. The van der Waals surface area contributed by atoms with Gasteiger partial charge in [-0.05, 0) is 23.5 Å². The molecule has 17 heavy (non-hydrogen) atoms. The zero-order valence-corrected chi connectivity index (χ0v) is 10.8. The van der Waals surface area contributed by atoms with Crippen LogP contribution in [0.1, 0.15) is 38.3 Å². The van der Waals surface area contributed by atoms with Gasteiger partial charge in [-0.25, -0.2) is 0 Å². The molecule has 1 rings (SSSR count). The van der Waals surface area contributed by atoms with Crippen LogP contribution >= 0.6 is 0 Å². The molecule has 0 unspecified atom stereocenters. The SMILES string of the molecule is CC(C)(C)c1cccc(C=NCCCO)c1O. The lowest BCUT2D eigenvalue weighted by atomic mass is 9.85. The first-order valence-corrected chi connectivity index (χ1v) is 5.90. The van der Waals surface area contributed by atoms with Gasteiger partial charge in [0.05, 0.1) is 0 Å². The second-order valence-electron chi connectivity index (χ2n) is 5.11. The maximum absolute atomic E-state index is 10.1. The number of para-hydroxylation sites is 1. The van der Waals surface area contributed by atoms with Crippen LogP contribution in [0.2, 0.25) is 0 Å². The Morgan fingerprint density at radius 3 is 2.59 bits per heavy atom. The molecular formula is C14H21NO2. The highest BCUT2D eigenvalue weighted by atomic mass is 16.3. The maximum Gasteiger partial charge on any atom is 0.128 e. The summed E-state index contributed by atoms with van der Waals surface area (Å²) in [6.07, 6.45) is 2.32. The zero-order chi connectivity index (χ0) is 12.9. The van der Waals surface area contributed by atoms with E-state index in [4.69, 9.17) is 5.11 Å². The van der Waals surface area contributed by atoms with Gasteiger partial charge < -0.3 is 10.2 Å². The number of benzene rings is 1. The normalized spacial score (nSPS) is 12.2. The smallest absolute Gasteiger partial charge is 0.128 e. The van der Waals surface area contributed by atoms with Crippen molar-refractivity contribution in [3.8, 4) is 5.75 Å². The summed E-state index contributed by atoms with van der Waals surface area (Å²) in [6.45, 7) is 6.92. The quantitative estimate of drug-likeness (QED) is 0.622. The van der Waals surface area contributed by atoms with Crippen molar-refractivity contribution in [1.29, 1.82) is 0 Å². The fourth-order valence-corrected chi connectivity index (χ4v) is 1.60. The number of phenolic OH excluding ortho intramolecular Hbond substituents is 1. The summed E-state index contributed by atoms with van der Waals surface area (Å²) in [7, 11) is 0. The van der Waals surface area contributed by atoms with E-state index in [1.165, 1.54) is 0 Å². The molecule has 0 fully saturated rings. The minimum atomic E-state index is -0.0843. The van der Waals surface area contributed by atoms with Gasteiger partial charge >= 0.3 is 0 Å². The van der Waals surface area contributed by atoms with Crippen LogP contribution in [0.4, 0.5) is 0 Å². The van der Waals surface area contributed by atoms with Gasteiger partial charge in [-0.1, -0.05) is 32.9 Å². The lowest BCUT2D eigenvalue weighted by Crippen LogP contribution is -2.11. The summed E-state index contributed by atoms with van der Waals surface area (Å²) in [5.41, 5.74) is 1.57. The average molecular weight is 235 g/mol. The molecule has 1 aromatic carbocycles. The molecule has 0 heterocycles. The second kappa shape index (κ2) is 5.82. The van der Waals surface area contributed by atoms with Crippen molar-refractivity contribution in [2.45, 2.75) is 32.6 Å². The molecule has 3 heteroatoms. The van der Waals surface area contributed by atoms with E-state index in [-0.39, 0.29) is 12.0 Å². The summed E-state index contributed by atoms with van der Waals surface area (Å²) in [4.78, 5) is 4.17. The molecule has 3 nitrogen and oxygen atoms in total. The minimum Gasteiger partial charge on any atom is -0.507 e. The van der Waals surface area contributed by atoms with Crippen LogP contribution in [0.3, 0.4) is 0 Å². The van der Waals surface area contributed by atoms with Crippen molar-refractivity contribution in [1.82, 2.24) is 0 Å². The third-order valence-corrected chi connectivity index (χ3v) is 2.55. The highest BCUT2D eigenvalue weighted by molar-refractivity contribution is 5.84. The number of aliphatic hydroxyl groups excluding tert-OH is 1. The predicted molar refractivity (Wildman–Crippen MR) is 71.0 cm³/mol. The average Bonchev–Trinajstić information content (AvgIpc) is 2.25. The van der Waals surface area contributed by atoms with E-state index in [0.29, 0.717) is 18.7 Å². The predicted octanol–water partition coefficient (Wildman–Crippen LogP) is 2.49. The maximum atomic E-state index is 10.1. The Hall–Kier alpha value is -1.35. The molecule has 0 saturated heterocycles. The number of phenols is 1. The van der Waals surface area contributed by atoms with Gasteiger partial charge in [0.2, 0.25) is 0 Å². The van der Waals surface area contributed by atoms with E-state index in [1.807, 2.05) is 18.2 Å². The molecule has 0 radical (unpaired) electrons. The number of aromatic hydroxyl groups is 1. The molecule has 0 saturated carbocycles. The fraction of sp³-hybridized carbons (Fsp3) is 0.500. The van der Waals surface area contributed by atoms with E-state index in [1.54, 1.807) is 6.21 Å². The van der Waals surface area contributed by atoms with Crippen LogP contribution in [0.25, 0.3) is 0 Å². The number of hydrogen-bond acceptors (Lipinski definition) is 3. The standard InChI is InChI=1S/C14H21NO2/c1-14(2,3)12-7-4-6-11(13(12)17)10-15-8-5-9-16/h4,6-7,10,16-17H,5,8-9H2,1-3H3. The first-order chi connectivity index (χ1) is 7.96. The van der Waals surface area contributed by atoms with E-state index >= 15 is 0 Å². The Morgan fingerprint density at radius 1 is 1.29 bits per heavy atom. The van der Waals surface area contributed by atoms with Crippen molar-refractivity contribution in [3.05, 3.63) is 29.3 Å². The van der Waals surface area contributed by atoms with Crippen molar-refractivity contribution < 1.29 is 10.2 Å². The topological polar surface area (TPSA) is 52.8 Å². The van der Waals surface area contributed by atoms with Gasteiger partial charge in [0.25, 0.3) is 0 Å². The highest BCUT2D eigenvalue weighted by Gasteiger charge is 2.18. The van der Waals surface area contributed by atoms with Crippen molar-refractivity contribution in [2.75, 3.05) is 13.2 Å². The summed E-state index contributed by atoms with van der Waals surface area (Å²) in [6, 6.07) is 5.70. The second-order valence-corrected chi connectivity index (χ2v) is 5.11. The Kier molecular flexibility index (Phi) is 4.70. The Bertz CT molecular complexity index is 392. The number of rotatable bonds is 4. The molecule has 0 bridgehead atoms. The molecule has 0 amide bonds. The number of nitrogens with zero attached hydrogens (tertiary/aromatic N) is 1. The van der Waals surface area contributed by atoms with E-state index in [9.17, 15) is 5.11 Å². The molecule has 0 aromatic heterocycles. The van der Waals surface area contributed by atoms with Gasteiger partial charge in [-0.2, -0.15) is 0 Å². The lowest BCUT2D eigenvalue weighted by Gasteiger charge is -2.21. The molecule has 2 N–H and O–H groups in total. The molecular weight excluding hydrogens is 214 g/mol. The summed E-state index contributed by atoms with van der Waals surface area (Å²) in [5, 5.41) is 18.8. The molecule has 0 aliphatic carbocycles. The summed E-state index contributed by atoms with van der Waals surface area (Å²) >= 11 is 0. The third kappa shape index (κ3) is 3.86. The Morgan fingerprint density at radius 2 is 2.00 bits per heavy atom. The third-order valence-electron chi connectivity index (χ3n) is 2.55. The first-order valence-electron chi connectivity index (χ1n) is 5.90. The lowest BCUT2D eigenvalue weighted by molar-refractivity contribution is 0.291. The van der Waals surface area contributed by atoms with Gasteiger partial charge in [-0.3, -0.25) is 4.99 Å². The van der Waals surface area contributed by atoms with Crippen LogP contribution in [-0.4, -0.2) is 29.6 Å². The van der Waals surface area contributed by atoms with Crippen molar-refractivity contribution in [3.63, 3.8) is 0 Å².